The van der Waals surface area contributed by atoms with Crippen LogP contribution in [0.1, 0.15) is 37.7 Å². The van der Waals surface area contributed by atoms with E-state index in [1.54, 1.807) is 24.3 Å². The van der Waals surface area contributed by atoms with E-state index in [1.165, 1.54) is 4.31 Å². The number of hydrogen-bond donors (Lipinski definition) is 1. The van der Waals surface area contributed by atoms with Crippen molar-refractivity contribution in [3.63, 3.8) is 0 Å². The van der Waals surface area contributed by atoms with Crippen LogP contribution in [0.25, 0.3) is 0 Å². The van der Waals surface area contributed by atoms with Gasteiger partial charge in [-0.25, -0.2) is 8.42 Å². The lowest BCUT2D eigenvalue weighted by Crippen LogP contribution is -2.46. The van der Waals surface area contributed by atoms with Gasteiger partial charge in [-0.1, -0.05) is 42.6 Å². The van der Waals surface area contributed by atoms with Crippen molar-refractivity contribution in [1.29, 1.82) is 0 Å². The number of carboxylic acid groups (broad SMARTS) is 1. The third-order valence-corrected chi connectivity index (χ3v) is 7.14. The van der Waals surface area contributed by atoms with Gasteiger partial charge in [0.1, 0.15) is 6.04 Å². The Morgan fingerprint density at radius 1 is 1.26 bits per heavy atom. The highest BCUT2D eigenvalue weighted by Gasteiger charge is 2.50. The normalized spacial score (nSPS) is 28.5. The fourth-order valence-electron chi connectivity index (χ4n) is 3.92. The molecule has 3 atom stereocenters. The Morgan fingerprint density at radius 2 is 1.96 bits per heavy atom. The number of sulfonamides is 1. The molecule has 1 saturated heterocycles. The maximum absolute atomic E-state index is 12.9. The van der Waals surface area contributed by atoms with Crippen LogP contribution >= 0.6 is 11.6 Å². The Hall–Kier alpha value is -1.11. The van der Waals surface area contributed by atoms with Crippen LogP contribution in [-0.2, 0) is 20.6 Å². The number of rotatable bonds is 4. The first-order chi connectivity index (χ1) is 10.9. The summed E-state index contributed by atoms with van der Waals surface area (Å²) in [4.78, 5) is 11.6. The molecule has 1 aromatic carbocycles. The topological polar surface area (TPSA) is 74.7 Å². The summed E-state index contributed by atoms with van der Waals surface area (Å²) in [6.45, 7) is 0. The van der Waals surface area contributed by atoms with Gasteiger partial charge in [0.2, 0.25) is 10.0 Å². The molecule has 2 fully saturated rings. The quantitative estimate of drug-likeness (QED) is 0.899. The van der Waals surface area contributed by atoms with Crippen molar-refractivity contribution in [3.05, 3.63) is 34.9 Å². The van der Waals surface area contributed by atoms with Crippen LogP contribution in [0.3, 0.4) is 0 Å². The summed E-state index contributed by atoms with van der Waals surface area (Å²) >= 11 is 6.07. The molecule has 7 heteroatoms. The highest BCUT2D eigenvalue weighted by molar-refractivity contribution is 7.88. The molecule has 0 amide bonds. The zero-order valence-corrected chi connectivity index (χ0v) is 14.3. The Balaban J connectivity index is 1.92. The van der Waals surface area contributed by atoms with Gasteiger partial charge in [-0.3, -0.25) is 4.79 Å². The number of aliphatic carboxylic acids is 1. The Kier molecular flexibility index (Phi) is 4.67. The van der Waals surface area contributed by atoms with Gasteiger partial charge < -0.3 is 5.11 Å². The second-order valence-electron chi connectivity index (χ2n) is 6.38. The summed E-state index contributed by atoms with van der Waals surface area (Å²) in [5.41, 5.74) is 0.512. The summed E-state index contributed by atoms with van der Waals surface area (Å²) in [5.74, 6) is -1.15. The smallest absolute Gasteiger partial charge is 0.322 e. The van der Waals surface area contributed by atoms with Gasteiger partial charge in [-0.05, 0) is 36.8 Å². The van der Waals surface area contributed by atoms with E-state index in [9.17, 15) is 18.3 Å². The third-order valence-electron chi connectivity index (χ3n) is 4.93. The number of carbonyl (C=O) groups is 1. The minimum Gasteiger partial charge on any atom is -0.480 e. The number of halogens is 1. The van der Waals surface area contributed by atoms with E-state index in [2.05, 4.69) is 0 Å². The summed E-state index contributed by atoms with van der Waals surface area (Å²) in [7, 11) is -3.73. The molecule has 1 N–H and O–H groups in total. The molecule has 0 aromatic heterocycles. The molecule has 1 heterocycles. The SMILES string of the molecule is O=C(O)C1CC2CCCCC2N1S(=O)(=O)Cc1ccccc1Cl. The van der Waals surface area contributed by atoms with E-state index in [4.69, 9.17) is 11.6 Å². The van der Waals surface area contributed by atoms with E-state index in [-0.39, 0.29) is 17.7 Å². The molecule has 1 aliphatic carbocycles. The molecular formula is C16H20ClNO4S. The molecule has 0 radical (unpaired) electrons. The van der Waals surface area contributed by atoms with E-state index in [0.29, 0.717) is 17.0 Å². The van der Waals surface area contributed by atoms with Crippen LogP contribution in [0, 0.1) is 5.92 Å². The predicted octanol–water partition coefficient (Wildman–Crippen LogP) is 2.89. The molecule has 3 unspecified atom stereocenters. The monoisotopic (exact) mass is 357 g/mol. The van der Waals surface area contributed by atoms with Crippen LogP contribution in [0.2, 0.25) is 5.02 Å². The van der Waals surface area contributed by atoms with Crippen LogP contribution in [0.4, 0.5) is 0 Å². The second kappa shape index (κ2) is 6.42. The van der Waals surface area contributed by atoms with Crippen molar-refractivity contribution >= 4 is 27.6 Å². The maximum atomic E-state index is 12.9. The lowest BCUT2D eigenvalue weighted by molar-refractivity contribution is -0.141. The van der Waals surface area contributed by atoms with Gasteiger partial charge in [0.25, 0.3) is 0 Å². The maximum Gasteiger partial charge on any atom is 0.322 e. The van der Waals surface area contributed by atoms with Crippen LogP contribution in [0.15, 0.2) is 24.3 Å². The molecule has 2 aliphatic rings. The highest BCUT2D eigenvalue weighted by Crippen LogP contribution is 2.42. The van der Waals surface area contributed by atoms with Crippen molar-refractivity contribution < 1.29 is 18.3 Å². The van der Waals surface area contributed by atoms with Crippen molar-refractivity contribution in [2.24, 2.45) is 5.92 Å². The Bertz CT molecular complexity index is 706. The summed E-state index contributed by atoms with van der Waals surface area (Å²) < 4.78 is 27.1. The minimum absolute atomic E-state index is 0.158. The Morgan fingerprint density at radius 3 is 2.65 bits per heavy atom. The number of carboxylic acids is 1. The summed E-state index contributed by atoms with van der Waals surface area (Å²) in [5, 5.41) is 9.87. The van der Waals surface area contributed by atoms with Crippen LogP contribution in [0.5, 0.6) is 0 Å². The molecule has 1 aliphatic heterocycles. The first-order valence-electron chi connectivity index (χ1n) is 7.87. The number of benzene rings is 1. The Labute approximate surface area is 141 Å². The van der Waals surface area contributed by atoms with Crippen molar-refractivity contribution in [2.75, 3.05) is 0 Å². The second-order valence-corrected chi connectivity index (χ2v) is 8.66. The molecule has 0 spiro atoms. The first kappa shape index (κ1) is 16.7. The van der Waals surface area contributed by atoms with Gasteiger partial charge >= 0.3 is 5.97 Å². The summed E-state index contributed by atoms with van der Waals surface area (Å²) in [6.07, 6.45) is 4.07. The summed E-state index contributed by atoms with van der Waals surface area (Å²) in [6, 6.07) is 5.66. The third kappa shape index (κ3) is 3.25. The number of fused-ring (bicyclic) bond motifs is 1. The zero-order valence-electron chi connectivity index (χ0n) is 12.7. The molecule has 1 aromatic rings. The van der Waals surface area contributed by atoms with Crippen molar-refractivity contribution in [3.8, 4) is 0 Å². The number of hydrogen-bond acceptors (Lipinski definition) is 3. The van der Waals surface area contributed by atoms with Gasteiger partial charge in [-0.2, -0.15) is 4.31 Å². The average Bonchev–Trinajstić information content (AvgIpc) is 2.90. The predicted molar refractivity (Wildman–Crippen MR) is 87.7 cm³/mol. The van der Waals surface area contributed by atoms with Crippen LogP contribution < -0.4 is 0 Å². The fourth-order valence-corrected chi connectivity index (χ4v) is 6.25. The molecular weight excluding hydrogens is 338 g/mol. The molecule has 0 bridgehead atoms. The fraction of sp³-hybridized carbons (Fsp3) is 0.562. The average molecular weight is 358 g/mol. The van der Waals surface area contributed by atoms with E-state index >= 15 is 0 Å². The van der Waals surface area contributed by atoms with Gasteiger partial charge in [-0.15, -0.1) is 0 Å². The minimum atomic E-state index is -3.73. The molecule has 126 valence electrons. The van der Waals surface area contributed by atoms with E-state index in [1.807, 2.05) is 0 Å². The van der Waals surface area contributed by atoms with Crippen LogP contribution in [-0.4, -0.2) is 35.9 Å². The lowest BCUT2D eigenvalue weighted by atomic mass is 9.85. The van der Waals surface area contributed by atoms with Gasteiger partial charge in [0, 0.05) is 11.1 Å². The van der Waals surface area contributed by atoms with E-state index < -0.39 is 22.0 Å². The molecule has 5 nitrogen and oxygen atoms in total. The number of nitrogens with zero attached hydrogens (tertiary/aromatic N) is 1. The first-order valence-corrected chi connectivity index (χ1v) is 9.86. The molecule has 23 heavy (non-hydrogen) atoms. The largest absolute Gasteiger partial charge is 0.480 e. The van der Waals surface area contributed by atoms with E-state index in [0.717, 1.165) is 25.7 Å². The van der Waals surface area contributed by atoms with Crippen molar-refractivity contribution in [2.45, 2.75) is 49.9 Å². The molecule has 1 saturated carbocycles. The van der Waals surface area contributed by atoms with Crippen molar-refractivity contribution in [1.82, 2.24) is 4.31 Å². The van der Waals surface area contributed by atoms with Gasteiger partial charge in [0.05, 0.1) is 5.75 Å². The zero-order chi connectivity index (χ0) is 16.6. The molecule has 3 rings (SSSR count). The highest BCUT2D eigenvalue weighted by atomic mass is 35.5. The standard InChI is InChI=1S/C16H20ClNO4S/c17-13-7-3-1-6-12(13)10-23(21,22)18-14-8-4-2-5-11(14)9-15(18)16(19)20/h1,3,6-7,11,14-15H,2,4-5,8-10H2,(H,19,20). The van der Waals surface area contributed by atoms with Gasteiger partial charge in [0.15, 0.2) is 0 Å². The lowest BCUT2D eigenvalue weighted by Gasteiger charge is -2.32.